The fourth-order valence-electron chi connectivity index (χ4n) is 2.88. The lowest BCUT2D eigenvalue weighted by Gasteiger charge is -2.21. The van der Waals surface area contributed by atoms with Gasteiger partial charge in [0.25, 0.3) is 5.91 Å². The van der Waals surface area contributed by atoms with Crippen molar-refractivity contribution < 1.29 is 29.1 Å². The van der Waals surface area contributed by atoms with E-state index < -0.39 is 25.0 Å². The van der Waals surface area contributed by atoms with Crippen molar-refractivity contribution >= 4 is 42.1 Å². The first-order valence-corrected chi connectivity index (χ1v) is 9.87. The Morgan fingerprint density at radius 3 is 2.53 bits per heavy atom. The van der Waals surface area contributed by atoms with Crippen molar-refractivity contribution in [3.63, 3.8) is 0 Å². The predicted molar refractivity (Wildman–Crippen MR) is 112 cm³/mol. The Labute approximate surface area is 183 Å². The molecule has 0 fully saturated rings. The van der Waals surface area contributed by atoms with Crippen LogP contribution < -0.4 is 20.1 Å². The number of fused-ring (bicyclic) bond motifs is 1. The molecule has 1 unspecified atom stereocenters. The van der Waals surface area contributed by atoms with Crippen molar-refractivity contribution in [2.45, 2.75) is 12.5 Å². The minimum absolute atomic E-state index is 0.117. The maximum atomic E-state index is 12.7. The molecule has 0 bridgehead atoms. The molecule has 0 spiro atoms. The molecule has 11 heteroatoms. The molecule has 0 saturated heterocycles. The van der Waals surface area contributed by atoms with Gasteiger partial charge >= 0.3 is 7.12 Å². The Morgan fingerprint density at radius 2 is 1.80 bits per heavy atom. The molecule has 0 aliphatic carbocycles. The minimum atomic E-state index is -1.72. The van der Waals surface area contributed by atoms with Crippen LogP contribution in [0.1, 0.15) is 15.9 Å². The SMILES string of the molecule is O=C(NC(Cc1ccc2c(c1)OCCO2)C(=O)NCB(O)O)c1cc(Cl)ccc1Cl. The highest BCUT2D eigenvalue weighted by atomic mass is 35.5. The topological polar surface area (TPSA) is 117 Å². The normalized spacial score (nSPS) is 13.3. The van der Waals surface area contributed by atoms with Crippen LogP contribution in [0.25, 0.3) is 0 Å². The average molecular weight is 453 g/mol. The molecule has 1 atom stereocenters. The first kappa shape index (κ1) is 22.2. The lowest BCUT2D eigenvalue weighted by atomic mass is 9.92. The number of benzene rings is 2. The molecule has 1 aliphatic rings. The van der Waals surface area contributed by atoms with Crippen molar-refractivity contribution in [2.24, 2.45) is 0 Å². The smallest absolute Gasteiger partial charge is 0.472 e. The molecule has 0 saturated carbocycles. The quantitative estimate of drug-likeness (QED) is 0.469. The van der Waals surface area contributed by atoms with E-state index in [0.717, 1.165) is 0 Å². The van der Waals surface area contributed by atoms with Crippen molar-refractivity contribution in [1.82, 2.24) is 10.6 Å². The maximum Gasteiger partial charge on any atom is 0.472 e. The largest absolute Gasteiger partial charge is 0.486 e. The standard InChI is InChI=1S/C19H19BCl2N2O6/c21-12-2-3-14(22)13(9-12)18(25)24-15(19(26)23-10-20(27)28)7-11-1-4-16-17(8-11)30-6-5-29-16/h1-4,8-9,15,27-28H,5-7,10H2,(H,23,26)(H,24,25). The lowest BCUT2D eigenvalue weighted by Crippen LogP contribution is -2.50. The van der Waals surface area contributed by atoms with E-state index in [2.05, 4.69) is 10.6 Å². The third-order valence-corrected chi connectivity index (χ3v) is 4.86. The number of hydrogen-bond donors (Lipinski definition) is 4. The number of carbonyl (C=O) groups excluding carboxylic acids is 2. The van der Waals surface area contributed by atoms with E-state index >= 15 is 0 Å². The fraction of sp³-hybridized carbons (Fsp3) is 0.263. The number of nitrogens with one attached hydrogen (secondary N) is 2. The van der Waals surface area contributed by atoms with E-state index in [4.69, 9.17) is 42.7 Å². The molecule has 1 aliphatic heterocycles. The van der Waals surface area contributed by atoms with Crippen LogP contribution in [0.3, 0.4) is 0 Å². The fourth-order valence-corrected chi connectivity index (χ4v) is 3.26. The second-order valence-electron chi connectivity index (χ2n) is 6.56. The van der Waals surface area contributed by atoms with Gasteiger partial charge in [-0.15, -0.1) is 0 Å². The van der Waals surface area contributed by atoms with E-state index in [9.17, 15) is 9.59 Å². The molecular formula is C19H19BCl2N2O6. The van der Waals surface area contributed by atoms with E-state index in [0.29, 0.717) is 35.3 Å². The Kier molecular flexibility index (Phi) is 7.44. The molecular weight excluding hydrogens is 434 g/mol. The van der Waals surface area contributed by atoms with Crippen LogP contribution in [0.2, 0.25) is 10.0 Å². The van der Waals surface area contributed by atoms with Gasteiger partial charge in [0.1, 0.15) is 19.3 Å². The van der Waals surface area contributed by atoms with Crippen LogP contribution in [0.15, 0.2) is 36.4 Å². The summed E-state index contributed by atoms with van der Waals surface area (Å²) in [6.07, 6.45) is -0.266. The third kappa shape index (κ3) is 5.79. The van der Waals surface area contributed by atoms with Crippen molar-refractivity contribution in [3.8, 4) is 11.5 Å². The summed E-state index contributed by atoms with van der Waals surface area (Å²) in [6, 6.07) is 8.62. The van der Waals surface area contributed by atoms with Gasteiger partial charge in [-0.1, -0.05) is 29.3 Å². The van der Waals surface area contributed by atoms with Crippen LogP contribution in [0.5, 0.6) is 11.5 Å². The first-order valence-electron chi connectivity index (χ1n) is 9.12. The van der Waals surface area contributed by atoms with Crippen LogP contribution in [-0.2, 0) is 11.2 Å². The van der Waals surface area contributed by atoms with Gasteiger partial charge in [0.15, 0.2) is 11.5 Å². The second kappa shape index (κ2) is 10.0. The predicted octanol–water partition coefficient (Wildman–Crippen LogP) is 1.23. The molecule has 8 nitrogen and oxygen atoms in total. The zero-order valence-corrected chi connectivity index (χ0v) is 17.2. The lowest BCUT2D eigenvalue weighted by molar-refractivity contribution is -0.122. The van der Waals surface area contributed by atoms with Gasteiger partial charge < -0.3 is 30.2 Å². The first-order chi connectivity index (χ1) is 14.3. The molecule has 4 N–H and O–H groups in total. The van der Waals surface area contributed by atoms with Crippen molar-refractivity contribution in [3.05, 3.63) is 57.6 Å². The molecule has 2 amide bonds. The van der Waals surface area contributed by atoms with Gasteiger partial charge in [-0.3, -0.25) is 9.59 Å². The number of ether oxygens (including phenoxy) is 2. The second-order valence-corrected chi connectivity index (χ2v) is 7.40. The van der Waals surface area contributed by atoms with Crippen LogP contribution >= 0.6 is 23.2 Å². The van der Waals surface area contributed by atoms with Crippen molar-refractivity contribution in [2.75, 3.05) is 19.7 Å². The Balaban J connectivity index is 1.80. The Hall–Kier alpha value is -2.46. The van der Waals surface area contributed by atoms with Gasteiger partial charge in [0.2, 0.25) is 5.91 Å². The maximum absolute atomic E-state index is 12.7. The summed E-state index contributed by atoms with van der Waals surface area (Å²) >= 11 is 12.0. The van der Waals surface area contributed by atoms with Gasteiger partial charge in [-0.2, -0.15) is 0 Å². The van der Waals surface area contributed by atoms with Crippen LogP contribution in [0.4, 0.5) is 0 Å². The van der Waals surface area contributed by atoms with Crippen LogP contribution in [0, 0.1) is 0 Å². The molecule has 3 rings (SSSR count). The summed E-state index contributed by atoms with van der Waals surface area (Å²) in [5, 5.41) is 23.6. The average Bonchev–Trinajstić information content (AvgIpc) is 2.73. The Morgan fingerprint density at radius 1 is 1.07 bits per heavy atom. The minimum Gasteiger partial charge on any atom is -0.486 e. The highest BCUT2D eigenvalue weighted by molar-refractivity contribution is 6.41. The highest BCUT2D eigenvalue weighted by Crippen LogP contribution is 2.31. The van der Waals surface area contributed by atoms with E-state index in [1.807, 2.05) is 0 Å². The van der Waals surface area contributed by atoms with Gasteiger partial charge in [-0.25, -0.2) is 0 Å². The van der Waals surface area contributed by atoms with Crippen molar-refractivity contribution in [1.29, 1.82) is 0 Å². The number of carbonyl (C=O) groups is 2. The Bertz CT molecular complexity index is 943. The van der Waals surface area contributed by atoms with E-state index in [-0.39, 0.29) is 23.5 Å². The van der Waals surface area contributed by atoms with E-state index in [1.165, 1.54) is 12.1 Å². The summed E-state index contributed by atoms with van der Waals surface area (Å²) < 4.78 is 11.0. The number of hydrogen-bond acceptors (Lipinski definition) is 6. The number of halogens is 2. The molecule has 0 aromatic heterocycles. The summed E-state index contributed by atoms with van der Waals surface area (Å²) in [5.41, 5.74) is 0.827. The molecule has 1 heterocycles. The number of amides is 2. The monoisotopic (exact) mass is 452 g/mol. The third-order valence-electron chi connectivity index (χ3n) is 4.30. The summed E-state index contributed by atoms with van der Waals surface area (Å²) in [4.78, 5) is 25.3. The van der Waals surface area contributed by atoms with Gasteiger partial charge in [0, 0.05) is 11.4 Å². The number of rotatable bonds is 7. The highest BCUT2D eigenvalue weighted by Gasteiger charge is 2.25. The van der Waals surface area contributed by atoms with Crippen LogP contribution in [-0.4, -0.2) is 54.7 Å². The molecule has 0 radical (unpaired) electrons. The zero-order chi connectivity index (χ0) is 21.7. The summed E-state index contributed by atoms with van der Waals surface area (Å²) in [5.74, 6) is -0.0359. The van der Waals surface area contributed by atoms with E-state index in [1.54, 1.807) is 24.3 Å². The molecule has 2 aromatic rings. The van der Waals surface area contributed by atoms with Gasteiger partial charge in [0.05, 0.1) is 17.0 Å². The molecule has 158 valence electrons. The summed E-state index contributed by atoms with van der Waals surface area (Å²) in [7, 11) is -1.72. The molecule has 2 aromatic carbocycles. The summed E-state index contributed by atoms with van der Waals surface area (Å²) in [6.45, 7) is 0.871. The zero-order valence-electron chi connectivity index (χ0n) is 15.7. The molecule has 30 heavy (non-hydrogen) atoms. The van der Waals surface area contributed by atoms with Gasteiger partial charge in [-0.05, 0) is 35.9 Å².